The van der Waals surface area contributed by atoms with E-state index >= 15 is 0 Å². The maximum absolute atomic E-state index is 13.6. The molecule has 5 nitrogen and oxygen atoms in total. The Labute approximate surface area is 175 Å². The van der Waals surface area contributed by atoms with E-state index in [9.17, 15) is 13.6 Å². The van der Waals surface area contributed by atoms with Gasteiger partial charge in [0.05, 0.1) is 10.2 Å². The van der Waals surface area contributed by atoms with E-state index in [0.717, 1.165) is 28.7 Å². The van der Waals surface area contributed by atoms with Gasteiger partial charge in [0.15, 0.2) is 11.6 Å². The Morgan fingerprint density at radius 3 is 2.79 bits per heavy atom. The first-order valence-corrected chi connectivity index (χ1v) is 9.86. The van der Waals surface area contributed by atoms with Crippen molar-refractivity contribution < 1.29 is 18.3 Å². The molecular formula is C21H20BrF2N3O2. The SMILES string of the molecule is Cc1nn(CCCNC(=O)c2cccc(COc3ccc(F)cc3F)c2)cc1Br. The van der Waals surface area contributed by atoms with E-state index in [0.29, 0.717) is 24.2 Å². The van der Waals surface area contributed by atoms with E-state index in [1.165, 1.54) is 6.07 Å². The van der Waals surface area contributed by atoms with Crippen molar-refractivity contribution in [2.24, 2.45) is 0 Å². The lowest BCUT2D eigenvalue weighted by Crippen LogP contribution is -2.25. The van der Waals surface area contributed by atoms with Gasteiger partial charge >= 0.3 is 0 Å². The number of hydrogen-bond donors (Lipinski definition) is 1. The van der Waals surface area contributed by atoms with Gasteiger partial charge in [-0.3, -0.25) is 9.48 Å². The number of nitrogens with one attached hydrogen (secondary N) is 1. The second-order valence-corrected chi connectivity index (χ2v) is 7.35. The number of rotatable bonds is 8. The molecule has 8 heteroatoms. The molecule has 3 aromatic rings. The summed E-state index contributed by atoms with van der Waals surface area (Å²) in [6, 6.07) is 10.0. The highest BCUT2D eigenvalue weighted by atomic mass is 79.9. The van der Waals surface area contributed by atoms with Crippen molar-refractivity contribution in [2.75, 3.05) is 6.54 Å². The first kappa shape index (κ1) is 21.0. The van der Waals surface area contributed by atoms with Crippen LogP contribution in [0.4, 0.5) is 8.78 Å². The summed E-state index contributed by atoms with van der Waals surface area (Å²) in [7, 11) is 0. The molecule has 0 saturated carbocycles. The third kappa shape index (κ3) is 5.87. The molecule has 0 fully saturated rings. The van der Waals surface area contributed by atoms with Gasteiger partial charge in [-0.2, -0.15) is 5.10 Å². The first-order chi connectivity index (χ1) is 13.9. The summed E-state index contributed by atoms with van der Waals surface area (Å²) in [6.45, 7) is 3.20. The van der Waals surface area contributed by atoms with Gasteiger partial charge in [-0.25, -0.2) is 8.78 Å². The minimum atomic E-state index is -0.765. The summed E-state index contributed by atoms with van der Waals surface area (Å²) in [5, 5.41) is 7.22. The third-order valence-electron chi connectivity index (χ3n) is 4.21. The molecule has 0 unspecified atom stereocenters. The maximum Gasteiger partial charge on any atom is 0.251 e. The van der Waals surface area contributed by atoms with Gasteiger partial charge in [0.2, 0.25) is 0 Å². The smallest absolute Gasteiger partial charge is 0.251 e. The molecule has 0 aliphatic rings. The second kappa shape index (κ2) is 9.65. The molecule has 2 aromatic carbocycles. The molecule has 0 spiro atoms. The quantitative estimate of drug-likeness (QED) is 0.495. The van der Waals surface area contributed by atoms with Crippen molar-refractivity contribution in [3.05, 3.63) is 81.6 Å². The summed E-state index contributed by atoms with van der Waals surface area (Å²) in [5.41, 5.74) is 2.12. The van der Waals surface area contributed by atoms with Crippen LogP contribution in [0.1, 0.15) is 28.0 Å². The van der Waals surface area contributed by atoms with Crippen LogP contribution < -0.4 is 10.1 Å². The fourth-order valence-corrected chi connectivity index (χ4v) is 3.02. The fourth-order valence-electron chi connectivity index (χ4n) is 2.71. The van der Waals surface area contributed by atoms with Crippen molar-refractivity contribution >= 4 is 21.8 Å². The van der Waals surface area contributed by atoms with Crippen LogP contribution in [0, 0.1) is 18.6 Å². The Hall–Kier alpha value is -2.74. The van der Waals surface area contributed by atoms with Crippen molar-refractivity contribution in [1.29, 1.82) is 0 Å². The van der Waals surface area contributed by atoms with Crippen LogP contribution in [0.3, 0.4) is 0 Å². The number of ether oxygens (including phenoxy) is 1. The zero-order chi connectivity index (χ0) is 20.8. The third-order valence-corrected chi connectivity index (χ3v) is 4.99. The Morgan fingerprint density at radius 1 is 1.24 bits per heavy atom. The number of halogens is 3. The van der Waals surface area contributed by atoms with Gasteiger partial charge in [0.1, 0.15) is 12.4 Å². The van der Waals surface area contributed by atoms with Crippen molar-refractivity contribution in [1.82, 2.24) is 15.1 Å². The summed E-state index contributed by atoms with van der Waals surface area (Å²) < 4.78 is 34.8. The summed E-state index contributed by atoms with van der Waals surface area (Å²) in [4.78, 5) is 12.3. The zero-order valence-electron chi connectivity index (χ0n) is 15.8. The Bertz CT molecular complexity index is 988. The molecule has 0 aliphatic heterocycles. The number of hydrogen-bond acceptors (Lipinski definition) is 3. The van der Waals surface area contributed by atoms with E-state index in [4.69, 9.17) is 4.74 Å². The monoisotopic (exact) mass is 463 g/mol. The molecule has 0 aliphatic carbocycles. The van der Waals surface area contributed by atoms with E-state index < -0.39 is 11.6 Å². The lowest BCUT2D eigenvalue weighted by atomic mass is 10.1. The number of carbonyl (C=O) groups excluding carboxylic acids is 1. The van der Waals surface area contributed by atoms with E-state index in [1.54, 1.807) is 24.3 Å². The van der Waals surface area contributed by atoms with Crippen LogP contribution in [-0.2, 0) is 13.2 Å². The van der Waals surface area contributed by atoms with Crippen LogP contribution in [0.25, 0.3) is 0 Å². The second-order valence-electron chi connectivity index (χ2n) is 6.50. The standard InChI is InChI=1S/C21H20BrF2N3O2/c1-14-18(22)12-27(26-14)9-3-8-25-21(28)16-5-2-4-15(10-16)13-29-20-7-6-17(23)11-19(20)24/h2,4-7,10-12H,3,8-9,13H2,1H3,(H,25,28). The molecule has 0 atom stereocenters. The molecule has 0 radical (unpaired) electrons. The van der Waals surface area contributed by atoms with Crippen LogP contribution in [0.15, 0.2) is 53.1 Å². The summed E-state index contributed by atoms with van der Waals surface area (Å²) in [5.74, 6) is -1.67. The molecule has 1 aromatic heterocycles. The maximum atomic E-state index is 13.6. The predicted molar refractivity (Wildman–Crippen MR) is 109 cm³/mol. The minimum Gasteiger partial charge on any atom is -0.486 e. The summed E-state index contributed by atoms with van der Waals surface area (Å²) >= 11 is 3.42. The Morgan fingerprint density at radius 2 is 2.07 bits per heavy atom. The van der Waals surface area contributed by atoms with E-state index in [2.05, 4.69) is 26.3 Å². The van der Waals surface area contributed by atoms with Crippen molar-refractivity contribution in [2.45, 2.75) is 26.5 Å². The van der Waals surface area contributed by atoms with Crippen LogP contribution >= 0.6 is 15.9 Å². The predicted octanol–water partition coefficient (Wildman–Crippen LogP) is 4.63. The Kier molecular flexibility index (Phi) is 6.98. The molecule has 0 saturated heterocycles. The van der Waals surface area contributed by atoms with Gasteiger partial charge in [-0.05, 0) is 59.1 Å². The highest BCUT2D eigenvalue weighted by molar-refractivity contribution is 9.10. The number of aryl methyl sites for hydroxylation is 2. The van der Waals surface area contributed by atoms with Gasteiger partial charge in [-0.1, -0.05) is 12.1 Å². The largest absolute Gasteiger partial charge is 0.486 e. The van der Waals surface area contributed by atoms with Gasteiger partial charge in [0, 0.05) is 30.9 Å². The van der Waals surface area contributed by atoms with Gasteiger partial charge < -0.3 is 10.1 Å². The average Bonchev–Trinajstić information content (AvgIpc) is 3.02. The van der Waals surface area contributed by atoms with Crippen LogP contribution in [-0.4, -0.2) is 22.2 Å². The van der Waals surface area contributed by atoms with Crippen LogP contribution in [0.2, 0.25) is 0 Å². The molecule has 3 rings (SSSR count). The molecule has 1 heterocycles. The average molecular weight is 464 g/mol. The topological polar surface area (TPSA) is 56.2 Å². The zero-order valence-corrected chi connectivity index (χ0v) is 17.4. The molecular weight excluding hydrogens is 444 g/mol. The van der Waals surface area contributed by atoms with Crippen molar-refractivity contribution in [3.63, 3.8) is 0 Å². The molecule has 152 valence electrons. The minimum absolute atomic E-state index is 0.0400. The fraction of sp³-hybridized carbons (Fsp3) is 0.238. The lowest BCUT2D eigenvalue weighted by Gasteiger charge is -2.09. The number of amides is 1. The normalized spacial score (nSPS) is 10.8. The highest BCUT2D eigenvalue weighted by Gasteiger charge is 2.09. The number of benzene rings is 2. The number of carbonyl (C=O) groups is 1. The van der Waals surface area contributed by atoms with Gasteiger partial charge in [0.25, 0.3) is 5.91 Å². The van der Waals surface area contributed by atoms with E-state index in [1.807, 2.05) is 17.8 Å². The van der Waals surface area contributed by atoms with Crippen molar-refractivity contribution in [3.8, 4) is 5.75 Å². The van der Waals surface area contributed by atoms with E-state index in [-0.39, 0.29) is 18.3 Å². The summed E-state index contributed by atoms with van der Waals surface area (Å²) in [6.07, 6.45) is 2.65. The first-order valence-electron chi connectivity index (χ1n) is 9.07. The molecule has 0 bridgehead atoms. The molecule has 29 heavy (non-hydrogen) atoms. The van der Waals surface area contributed by atoms with Gasteiger partial charge in [-0.15, -0.1) is 0 Å². The highest BCUT2D eigenvalue weighted by Crippen LogP contribution is 2.19. The number of aromatic nitrogens is 2. The lowest BCUT2D eigenvalue weighted by molar-refractivity contribution is 0.0952. The number of nitrogens with zero attached hydrogens (tertiary/aromatic N) is 2. The molecule has 1 N–H and O–H groups in total. The molecule has 1 amide bonds. The van der Waals surface area contributed by atoms with Crippen LogP contribution in [0.5, 0.6) is 5.75 Å². The Balaban J connectivity index is 1.49.